The van der Waals surface area contributed by atoms with Crippen LogP contribution in [0.1, 0.15) is 36.0 Å². The fourth-order valence-corrected chi connectivity index (χ4v) is 1.96. The van der Waals surface area contributed by atoms with E-state index in [1.165, 1.54) is 25.5 Å². The number of carbonyl (C=O) groups is 1. The van der Waals surface area contributed by atoms with Gasteiger partial charge in [-0.05, 0) is 18.4 Å². The predicted octanol–water partition coefficient (Wildman–Crippen LogP) is 1.36. The van der Waals surface area contributed by atoms with Crippen LogP contribution in [-0.4, -0.2) is 17.4 Å². The summed E-state index contributed by atoms with van der Waals surface area (Å²) in [4.78, 5) is 15.2. The third-order valence-corrected chi connectivity index (χ3v) is 3.28. The SMILES string of the molecule is NC(=O)c1cc(NCCC2CCC2)ncc1N. The maximum absolute atomic E-state index is 11.1. The van der Waals surface area contributed by atoms with Gasteiger partial charge in [0.2, 0.25) is 0 Å². The van der Waals surface area contributed by atoms with E-state index < -0.39 is 5.91 Å². The number of hydrogen-bond donors (Lipinski definition) is 3. The Hall–Kier alpha value is -1.78. The molecule has 0 atom stereocenters. The van der Waals surface area contributed by atoms with Crippen molar-refractivity contribution in [3.63, 3.8) is 0 Å². The molecule has 1 aliphatic rings. The average Bonchev–Trinajstić information content (AvgIpc) is 2.23. The molecule has 1 amide bonds. The molecule has 0 aliphatic heterocycles. The molecule has 0 unspecified atom stereocenters. The van der Waals surface area contributed by atoms with Crippen LogP contribution in [0.15, 0.2) is 12.3 Å². The molecule has 0 spiro atoms. The van der Waals surface area contributed by atoms with Gasteiger partial charge in [-0.25, -0.2) is 4.98 Å². The second-order valence-corrected chi connectivity index (χ2v) is 4.53. The highest BCUT2D eigenvalue weighted by Gasteiger charge is 2.16. The summed E-state index contributed by atoms with van der Waals surface area (Å²) >= 11 is 0. The lowest BCUT2D eigenvalue weighted by molar-refractivity contribution is 0.100. The molecule has 1 saturated carbocycles. The molecule has 1 aliphatic carbocycles. The van der Waals surface area contributed by atoms with Gasteiger partial charge in [-0.15, -0.1) is 0 Å². The molecule has 0 saturated heterocycles. The molecule has 0 aromatic carbocycles. The maximum atomic E-state index is 11.1. The number of rotatable bonds is 5. The Morgan fingerprint density at radius 3 is 2.88 bits per heavy atom. The van der Waals surface area contributed by atoms with Crippen molar-refractivity contribution in [1.82, 2.24) is 4.98 Å². The Bertz CT molecular complexity index is 415. The number of primary amides is 1. The molecule has 5 heteroatoms. The Morgan fingerprint density at radius 2 is 2.29 bits per heavy atom. The van der Waals surface area contributed by atoms with Gasteiger partial charge >= 0.3 is 0 Å². The molecular weight excluding hydrogens is 216 g/mol. The van der Waals surface area contributed by atoms with Crippen LogP contribution in [0.3, 0.4) is 0 Å². The zero-order valence-corrected chi connectivity index (χ0v) is 9.78. The van der Waals surface area contributed by atoms with Crippen molar-refractivity contribution < 1.29 is 4.79 Å². The van der Waals surface area contributed by atoms with Gasteiger partial charge in [0.15, 0.2) is 0 Å². The number of anilines is 2. The smallest absolute Gasteiger partial charge is 0.250 e. The van der Waals surface area contributed by atoms with Crippen molar-refractivity contribution in [2.75, 3.05) is 17.6 Å². The summed E-state index contributed by atoms with van der Waals surface area (Å²) in [6.45, 7) is 0.875. The fourth-order valence-electron chi connectivity index (χ4n) is 1.96. The highest BCUT2D eigenvalue weighted by Crippen LogP contribution is 2.29. The molecule has 1 aromatic rings. The second kappa shape index (κ2) is 5.03. The summed E-state index contributed by atoms with van der Waals surface area (Å²) in [6.07, 6.45) is 6.65. The van der Waals surface area contributed by atoms with E-state index in [1.54, 1.807) is 6.07 Å². The molecule has 1 heterocycles. The van der Waals surface area contributed by atoms with Crippen molar-refractivity contribution in [1.29, 1.82) is 0 Å². The van der Waals surface area contributed by atoms with Gasteiger partial charge in [0.05, 0.1) is 17.4 Å². The van der Waals surface area contributed by atoms with E-state index in [9.17, 15) is 4.79 Å². The van der Waals surface area contributed by atoms with Gasteiger partial charge in [0, 0.05) is 6.54 Å². The number of aromatic nitrogens is 1. The Balaban J connectivity index is 1.91. The van der Waals surface area contributed by atoms with Crippen LogP contribution in [-0.2, 0) is 0 Å². The number of carbonyl (C=O) groups excluding carboxylic acids is 1. The molecule has 0 bridgehead atoms. The van der Waals surface area contributed by atoms with Crippen molar-refractivity contribution in [3.8, 4) is 0 Å². The van der Waals surface area contributed by atoms with E-state index in [0.717, 1.165) is 18.9 Å². The topological polar surface area (TPSA) is 94.0 Å². The van der Waals surface area contributed by atoms with E-state index in [1.807, 2.05) is 0 Å². The van der Waals surface area contributed by atoms with Crippen molar-refractivity contribution in [2.24, 2.45) is 11.7 Å². The van der Waals surface area contributed by atoms with Gasteiger partial charge in [-0.2, -0.15) is 0 Å². The summed E-state index contributed by atoms with van der Waals surface area (Å²) < 4.78 is 0. The lowest BCUT2D eigenvalue weighted by atomic mass is 9.83. The minimum Gasteiger partial charge on any atom is -0.397 e. The highest BCUT2D eigenvalue weighted by molar-refractivity contribution is 5.98. The number of nitrogens with two attached hydrogens (primary N) is 2. The van der Waals surface area contributed by atoms with E-state index in [2.05, 4.69) is 10.3 Å². The third-order valence-electron chi connectivity index (χ3n) is 3.28. The standard InChI is InChI=1S/C12H18N4O/c13-10-7-16-11(6-9(10)12(14)17)15-5-4-8-2-1-3-8/h6-8H,1-5,13H2,(H2,14,17)(H,15,16). The average molecular weight is 234 g/mol. The molecule has 17 heavy (non-hydrogen) atoms. The van der Waals surface area contributed by atoms with Gasteiger partial charge in [-0.3, -0.25) is 4.79 Å². The highest BCUT2D eigenvalue weighted by atomic mass is 16.1. The van der Waals surface area contributed by atoms with E-state index in [-0.39, 0.29) is 0 Å². The first-order chi connectivity index (χ1) is 8.16. The van der Waals surface area contributed by atoms with E-state index in [4.69, 9.17) is 11.5 Å². The first kappa shape index (κ1) is 11.7. The van der Waals surface area contributed by atoms with Crippen LogP contribution >= 0.6 is 0 Å². The van der Waals surface area contributed by atoms with E-state index >= 15 is 0 Å². The van der Waals surface area contributed by atoms with Crippen LogP contribution in [0.5, 0.6) is 0 Å². The number of nitrogens with one attached hydrogen (secondary N) is 1. The van der Waals surface area contributed by atoms with Gasteiger partial charge in [-0.1, -0.05) is 19.3 Å². The zero-order chi connectivity index (χ0) is 12.3. The number of pyridine rings is 1. The number of hydrogen-bond acceptors (Lipinski definition) is 4. The lowest BCUT2D eigenvalue weighted by Crippen LogP contribution is -2.17. The summed E-state index contributed by atoms with van der Waals surface area (Å²) in [6, 6.07) is 1.61. The Kier molecular flexibility index (Phi) is 3.46. The van der Waals surface area contributed by atoms with Gasteiger partial charge < -0.3 is 16.8 Å². The fraction of sp³-hybridized carbons (Fsp3) is 0.500. The summed E-state index contributed by atoms with van der Waals surface area (Å²) in [5, 5.41) is 3.19. The summed E-state index contributed by atoms with van der Waals surface area (Å²) in [5.74, 6) is 0.992. The van der Waals surface area contributed by atoms with Gasteiger partial charge in [0.25, 0.3) is 5.91 Å². The minimum atomic E-state index is -0.521. The minimum absolute atomic E-state index is 0.321. The quantitative estimate of drug-likeness (QED) is 0.717. The number of nitrogens with zero attached hydrogens (tertiary/aromatic N) is 1. The summed E-state index contributed by atoms with van der Waals surface area (Å²) in [7, 11) is 0. The monoisotopic (exact) mass is 234 g/mol. The van der Waals surface area contributed by atoms with Crippen molar-refractivity contribution in [3.05, 3.63) is 17.8 Å². The molecule has 0 radical (unpaired) electrons. The molecule has 5 nitrogen and oxygen atoms in total. The number of amides is 1. The molecular formula is C12H18N4O. The first-order valence-electron chi connectivity index (χ1n) is 5.96. The van der Waals surface area contributed by atoms with Crippen LogP contribution in [0.4, 0.5) is 11.5 Å². The molecule has 5 N–H and O–H groups in total. The zero-order valence-electron chi connectivity index (χ0n) is 9.78. The molecule has 92 valence electrons. The molecule has 2 rings (SSSR count). The van der Waals surface area contributed by atoms with Crippen molar-refractivity contribution >= 4 is 17.4 Å². The molecule has 1 aromatic heterocycles. The van der Waals surface area contributed by atoms with Crippen LogP contribution in [0.2, 0.25) is 0 Å². The molecule has 1 fully saturated rings. The predicted molar refractivity (Wildman–Crippen MR) is 67.6 cm³/mol. The van der Waals surface area contributed by atoms with E-state index in [0.29, 0.717) is 17.1 Å². The summed E-state index contributed by atoms with van der Waals surface area (Å²) in [5.41, 5.74) is 11.5. The third kappa shape index (κ3) is 2.87. The van der Waals surface area contributed by atoms with Crippen LogP contribution in [0, 0.1) is 5.92 Å². The van der Waals surface area contributed by atoms with Crippen LogP contribution < -0.4 is 16.8 Å². The largest absolute Gasteiger partial charge is 0.397 e. The number of nitrogen functional groups attached to an aromatic ring is 1. The Morgan fingerprint density at radius 1 is 1.53 bits per heavy atom. The van der Waals surface area contributed by atoms with Crippen molar-refractivity contribution in [2.45, 2.75) is 25.7 Å². The normalized spacial score (nSPS) is 15.3. The van der Waals surface area contributed by atoms with Gasteiger partial charge in [0.1, 0.15) is 5.82 Å². The first-order valence-corrected chi connectivity index (χ1v) is 5.96. The maximum Gasteiger partial charge on any atom is 0.250 e. The lowest BCUT2D eigenvalue weighted by Gasteiger charge is -2.25. The second-order valence-electron chi connectivity index (χ2n) is 4.53. The Labute approximate surface area is 101 Å². The van der Waals surface area contributed by atoms with Crippen LogP contribution in [0.25, 0.3) is 0 Å².